The zero-order valence-corrected chi connectivity index (χ0v) is 9.03. The summed E-state index contributed by atoms with van der Waals surface area (Å²) in [4.78, 5) is 4.11. The van der Waals surface area contributed by atoms with Crippen molar-refractivity contribution in [2.45, 2.75) is 0 Å². The molecule has 0 bridgehead atoms. The van der Waals surface area contributed by atoms with Crippen molar-refractivity contribution in [3.05, 3.63) is 30.3 Å². The molecule has 2 aromatic rings. The summed E-state index contributed by atoms with van der Waals surface area (Å²) in [5.41, 5.74) is 6.55. The van der Waals surface area contributed by atoms with Gasteiger partial charge in [0, 0.05) is 12.6 Å². The molecule has 0 unspecified atom stereocenters. The summed E-state index contributed by atoms with van der Waals surface area (Å²) < 4.78 is 1.56. The minimum Gasteiger partial charge on any atom is -0.412 e. The molecule has 0 fully saturated rings. The number of benzene rings is 1. The first-order valence-electron chi connectivity index (χ1n) is 3.99. The van der Waals surface area contributed by atoms with Gasteiger partial charge in [0.1, 0.15) is 0 Å². The molecule has 0 aliphatic carbocycles. The summed E-state index contributed by atoms with van der Waals surface area (Å²) in [5.74, 6) is 1.10. The van der Waals surface area contributed by atoms with Crippen LogP contribution in [-0.4, -0.2) is 20.2 Å². The van der Waals surface area contributed by atoms with Gasteiger partial charge in [0.2, 0.25) is 5.95 Å². The Labute approximate surface area is 93.7 Å². The van der Waals surface area contributed by atoms with Gasteiger partial charge in [0.05, 0.1) is 0 Å². The smallest absolute Gasteiger partial charge is 0.218 e. The van der Waals surface area contributed by atoms with Gasteiger partial charge in [0.15, 0.2) is 5.82 Å². The van der Waals surface area contributed by atoms with Crippen LogP contribution >= 0.6 is 12.4 Å². The lowest BCUT2D eigenvalue weighted by Crippen LogP contribution is -1.97. The normalized spacial score (nSPS) is 8.87. The Kier molecular flexibility index (Phi) is 4.77. The molecule has 2 rings (SSSR count). The lowest BCUT2D eigenvalue weighted by atomic mass is 10.2. The zero-order valence-electron chi connectivity index (χ0n) is 8.21. The SMILES string of the molecule is Cl.Cn1nc(-c2ccccc2)nc1N.O. The van der Waals surface area contributed by atoms with E-state index in [1.807, 2.05) is 30.3 Å². The summed E-state index contributed by atoms with van der Waals surface area (Å²) in [6, 6.07) is 9.75. The summed E-state index contributed by atoms with van der Waals surface area (Å²) in [6.07, 6.45) is 0. The highest BCUT2D eigenvalue weighted by atomic mass is 35.5. The van der Waals surface area contributed by atoms with Crippen molar-refractivity contribution in [3.8, 4) is 11.4 Å². The molecule has 0 saturated carbocycles. The second-order valence-electron chi connectivity index (χ2n) is 2.78. The van der Waals surface area contributed by atoms with Crippen molar-refractivity contribution in [2.75, 3.05) is 5.73 Å². The minimum atomic E-state index is 0. The quantitative estimate of drug-likeness (QED) is 0.778. The van der Waals surface area contributed by atoms with E-state index in [4.69, 9.17) is 5.73 Å². The Morgan fingerprint density at radius 2 is 1.80 bits per heavy atom. The number of hydrogen-bond donors (Lipinski definition) is 1. The van der Waals surface area contributed by atoms with E-state index >= 15 is 0 Å². The molecule has 0 saturated heterocycles. The van der Waals surface area contributed by atoms with Crippen molar-refractivity contribution >= 4 is 18.4 Å². The maximum atomic E-state index is 5.57. The van der Waals surface area contributed by atoms with Gasteiger partial charge in [-0.1, -0.05) is 30.3 Å². The lowest BCUT2D eigenvalue weighted by Gasteiger charge is -1.91. The van der Waals surface area contributed by atoms with Crippen LogP contribution in [0.25, 0.3) is 11.4 Å². The van der Waals surface area contributed by atoms with Gasteiger partial charge in [-0.2, -0.15) is 4.98 Å². The first-order chi connectivity index (χ1) is 6.27. The molecule has 6 heteroatoms. The summed E-state index contributed by atoms with van der Waals surface area (Å²) in [7, 11) is 1.77. The molecular weight excluding hydrogens is 216 g/mol. The Morgan fingerprint density at radius 3 is 2.27 bits per heavy atom. The second-order valence-corrected chi connectivity index (χ2v) is 2.78. The standard InChI is InChI=1S/C9H10N4.ClH.H2O/c1-13-9(10)11-8(12-13)7-5-3-2-4-6-7;;/h2-6H,1H3,(H2,10,11,12);1H;1H2. The molecule has 0 radical (unpaired) electrons. The number of anilines is 1. The molecule has 0 amide bonds. The van der Waals surface area contributed by atoms with E-state index in [0.29, 0.717) is 11.8 Å². The molecule has 15 heavy (non-hydrogen) atoms. The predicted molar refractivity (Wildman–Crippen MR) is 61.7 cm³/mol. The average molecular weight is 229 g/mol. The summed E-state index contributed by atoms with van der Waals surface area (Å²) in [6.45, 7) is 0. The van der Waals surface area contributed by atoms with Crippen LogP contribution in [0.5, 0.6) is 0 Å². The monoisotopic (exact) mass is 228 g/mol. The molecule has 1 heterocycles. The van der Waals surface area contributed by atoms with Crippen LogP contribution in [0.4, 0.5) is 5.95 Å². The number of aryl methyl sites for hydroxylation is 1. The largest absolute Gasteiger partial charge is 0.412 e. The van der Waals surface area contributed by atoms with Crippen LogP contribution in [0.2, 0.25) is 0 Å². The molecule has 0 aliphatic rings. The first kappa shape index (κ1) is 13.4. The van der Waals surface area contributed by atoms with Crippen molar-refractivity contribution in [1.82, 2.24) is 14.8 Å². The molecule has 1 aromatic carbocycles. The molecular formula is C9H13ClN4O. The number of halogens is 1. The Balaban J connectivity index is 0.000000980. The Morgan fingerprint density at radius 1 is 1.20 bits per heavy atom. The van der Waals surface area contributed by atoms with Crippen LogP contribution in [0.1, 0.15) is 0 Å². The van der Waals surface area contributed by atoms with Gasteiger partial charge in [-0.3, -0.25) is 0 Å². The van der Waals surface area contributed by atoms with E-state index < -0.39 is 0 Å². The van der Waals surface area contributed by atoms with E-state index in [1.54, 1.807) is 11.7 Å². The molecule has 0 aliphatic heterocycles. The Bertz CT molecular complexity index is 396. The van der Waals surface area contributed by atoms with Crippen LogP contribution in [0.15, 0.2) is 30.3 Å². The van der Waals surface area contributed by atoms with Gasteiger partial charge in [-0.05, 0) is 0 Å². The second kappa shape index (κ2) is 5.33. The van der Waals surface area contributed by atoms with Gasteiger partial charge in [-0.15, -0.1) is 17.5 Å². The van der Waals surface area contributed by atoms with Gasteiger partial charge >= 0.3 is 0 Å². The van der Waals surface area contributed by atoms with Crippen LogP contribution in [0, 0.1) is 0 Å². The highest BCUT2D eigenvalue weighted by molar-refractivity contribution is 5.85. The van der Waals surface area contributed by atoms with Gasteiger partial charge in [-0.25, -0.2) is 4.68 Å². The number of aromatic nitrogens is 3. The van der Waals surface area contributed by atoms with Crippen LogP contribution in [-0.2, 0) is 7.05 Å². The van der Waals surface area contributed by atoms with Gasteiger partial charge < -0.3 is 11.2 Å². The van der Waals surface area contributed by atoms with E-state index in [-0.39, 0.29) is 17.9 Å². The van der Waals surface area contributed by atoms with Crippen molar-refractivity contribution in [3.63, 3.8) is 0 Å². The lowest BCUT2D eigenvalue weighted by molar-refractivity contribution is 0.781. The number of nitrogens with zero attached hydrogens (tertiary/aromatic N) is 3. The van der Waals surface area contributed by atoms with E-state index in [0.717, 1.165) is 5.56 Å². The number of nitrogen functional groups attached to an aromatic ring is 1. The molecule has 0 atom stereocenters. The van der Waals surface area contributed by atoms with Crippen LogP contribution < -0.4 is 5.73 Å². The van der Waals surface area contributed by atoms with Crippen LogP contribution in [0.3, 0.4) is 0 Å². The zero-order chi connectivity index (χ0) is 9.26. The van der Waals surface area contributed by atoms with E-state index in [9.17, 15) is 0 Å². The summed E-state index contributed by atoms with van der Waals surface area (Å²) in [5, 5.41) is 4.16. The fraction of sp³-hybridized carbons (Fsp3) is 0.111. The maximum Gasteiger partial charge on any atom is 0.218 e. The van der Waals surface area contributed by atoms with Crippen molar-refractivity contribution in [2.24, 2.45) is 7.05 Å². The maximum absolute atomic E-state index is 5.57. The molecule has 0 spiro atoms. The fourth-order valence-corrected chi connectivity index (χ4v) is 1.11. The number of nitrogens with two attached hydrogens (primary N) is 1. The average Bonchev–Trinajstić information content (AvgIpc) is 2.49. The molecule has 1 aromatic heterocycles. The minimum absolute atomic E-state index is 0. The molecule has 5 nitrogen and oxygen atoms in total. The first-order valence-corrected chi connectivity index (χ1v) is 3.99. The Hall–Kier alpha value is -1.59. The summed E-state index contributed by atoms with van der Waals surface area (Å²) >= 11 is 0. The third-order valence-electron chi connectivity index (χ3n) is 1.83. The number of rotatable bonds is 1. The fourth-order valence-electron chi connectivity index (χ4n) is 1.11. The molecule has 82 valence electrons. The molecule has 4 N–H and O–H groups in total. The third kappa shape index (κ3) is 2.68. The van der Waals surface area contributed by atoms with Gasteiger partial charge in [0.25, 0.3) is 0 Å². The van der Waals surface area contributed by atoms with E-state index in [1.165, 1.54) is 0 Å². The van der Waals surface area contributed by atoms with Crippen molar-refractivity contribution < 1.29 is 5.48 Å². The van der Waals surface area contributed by atoms with Crippen molar-refractivity contribution in [1.29, 1.82) is 0 Å². The highest BCUT2D eigenvalue weighted by Gasteiger charge is 2.04. The number of hydrogen-bond acceptors (Lipinski definition) is 3. The third-order valence-corrected chi connectivity index (χ3v) is 1.83. The van der Waals surface area contributed by atoms with E-state index in [2.05, 4.69) is 10.1 Å². The predicted octanol–water partition coefficient (Wildman–Crippen LogP) is 0.661. The highest BCUT2D eigenvalue weighted by Crippen LogP contribution is 2.14. The topological polar surface area (TPSA) is 88.2 Å².